The van der Waals surface area contributed by atoms with Crippen molar-refractivity contribution in [1.29, 1.82) is 0 Å². The molecule has 0 bridgehead atoms. The minimum Gasteiger partial charge on any atom is -0.481 e. The van der Waals surface area contributed by atoms with Crippen molar-refractivity contribution in [1.82, 2.24) is 0 Å². The maximum absolute atomic E-state index is 15.4. The van der Waals surface area contributed by atoms with Crippen LogP contribution < -0.4 is 0 Å². The second-order valence-electron chi connectivity index (χ2n) is 28.1. The number of carbonyl (C=O) groups excluding carboxylic acids is 1. The average Bonchev–Trinajstić information content (AvgIpc) is 0.676. The Balaban J connectivity index is 0.864. The molecule has 5 aliphatic carbocycles. The topological polar surface area (TPSA) is 450 Å². The third kappa shape index (κ3) is 10.9. The van der Waals surface area contributed by atoms with Crippen LogP contribution in [-0.4, -0.2) is 274 Å². The number of aliphatic hydroxyl groups is 15. The van der Waals surface area contributed by atoms with E-state index in [9.17, 15) is 86.5 Å². The van der Waals surface area contributed by atoms with E-state index in [4.69, 9.17) is 47.4 Å². The summed E-state index contributed by atoms with van der Waals surface area (Å²) in [5.41, 5.74) is -4.16. The van der Waals surface area contributed by atoms with Gasteiger partial charge < -0.3 is 129 Å². The number of allylic oxidation sites excluding steroid dienone is 2. The molecule has 4 saturated carbocycles. The van der Waals surface area contributed by atoms with Gasteiger partial charge >= 0.3 is 11.9 Å². The summed E-state index contributed by atoms with van der Waals surface area (Å²) in [5.74, 6) is -3.19. The number of ether oxygens (including phenoxy) is 10. The highest BCUT2D eigenvalue weighted by atomic mass is 16.8. The lowest BCUT2D eigenvalue weighted by Gasteiger charge is -2.71. The molecule has 0 aromatic heterocycles. The molecule has 5 heterocycles. The number of rotatable bonds is 13. The molecule has 5 saturated heterocycles. The zero-order chi connectivity index (χ0) is 62.9. The minimum atomic E-state index is -1.95. The lowest BCUT2D eigenvalue weighted by molar-refractivity contribution is -0.368. The van der Waals surface area contributed by atoms with E-state index < -0.39 is 225 Å². The Morgan fingerprint density at radius 3 is 1.80 bits per heavy atom. The van der Waals surface area contributed by atoms with Crippen LogP contribution in [0.4, 0.5) is 0 Å². The third-order valence-corrected chi connectivity index (χ3v) is 22.8. The van der Waals surface area contributed by atoms with Crippen molar-refractivity contribution >= 4 is 11.9 Å². The van der Waals surface area contributed by atoms with E-state index in [1.54, 1.807) is 0 Å². The van der Waals surface area contributed by atoms with E-state index in [-0.39, 0.29) is 23.7 Å². The normalized spacial score (nSPS) is 54.7. The van der Waals surface area contributed by atoms with Gasteiger partial charge in [-0.1, -0.05) is 46.3 Å². The van der Waals surface area contributed by atoms with Gasteiger partial charge in [-0.05, 0) is 111 Å². The van der Waals surface area contributed by atoms with Crippen LogP contribution in [0.2, 0.25) is 0 Å². The molecular formula is C58H92O28. The molecule has 26 unspecified atom stereocenters. The van der Waals surface area contributed by atoms with Crippen molar-refractivity contribution in [3.05, 3.63) is 11.6 Å². The summed E-state index contributed by atoms with van der Waals surface area (Å²) in [4.78, 5) is 29.3. The summed E-state index contributed by atoms with van der Waals surface area (Å²) in [6.07, 6.45) is -35.0. The Hall–Kier alpha value is -2.28. The molecule has 0 amide bonds. The van der Waals surface area contributed by atoms with Gasteiger partial charge in [0.15, 0.2) is 31.3 Å². The Labute approximate surface area is 497 Å². The number of fused-ring (bicyclic) bond motifs is 7. The van der Waals surface area contributed by atoms with Gasteiger partial charge in [0.05, 0.1) is 49.5 Å². The first-order chi connectivity index (χ1) is 40.2. The van der Waals surface area contributed by atoms with E-state index in [0.29, 0.717) is 51.4 Å². The van der Waals surface area contributed by atoms with Crippen LogP contribution in [0.5, 0.6) is 0 Å². The molecule has 33 atom stereocenters. The van der Waals surface area contributed by atoms with Gasteiger partial charge in [-0.2, -0.15) is 0 Å². The van der Waals surface area contributed by atoms with Gasteiger partial charge in [0.2, 0.25) is 6.29 Å². The molecule has 0 aromatic rings. The minimum absolute atomic E-state index is 0.0474. The summed E-state index contributed by atoms with van der Waals surface area (Å²) in [5, 5.41) is 173. The Morgan fingerprint density at radius 1 is 0.570 bits per heavy atom. The Bertz CT molecular complexity index is 2450. The molecule has 0 spiro atoms. The fraction of sp³-hybridized carbons (Fsp3) is 0.931. The molecule has 28 heteroatoms. The Kier molecular flexibility index (Phi) is 18.8. The number of carbonyl (C=O) groups is 2. The van der Waals surface area contributed by atoms with Gasteiger partial charge in [-0.3, -0.25) is 9.59 Å². The number of aliphatic carboxylic acids is 1. The number of aliphatic hydroxyl groups excluding tert-OH is 15. The summed E-state index contributed by atoms with van der Waals surface area (Å²) in [6, 6.07) is 0. The van der Waals surface area contributed by atoms with Crippen molar-refractivity contribution in [2.24, 2.45) is 50.2 Å². The van der Waals surface area contributed by atoms with Crippen LogP contribution in [0.1, 0.15) is 106 Å². The van der Waals surface area contributed by atoms with Gasteiger partial charge in [0.1, 0.15) is 104 Å². The largest absolute Gasteiger partial charge is 0.481 e. The smallest absolute Gasteiger partial charge is 0.315 e. The molecular weight excluding hydrogens is 1140 g/mol. The van der Waals surface area contributed by atoms with E-state index >= 15 is 4.79 Å². The molecule has 10 aliphatic rings. The lowest BCUT2D eigenvalue weighted by Crippen LogP contribution is -2.70. The fourth-order valence-corrected chi connectivity index (χ4v) is 17.4. The van der Waals surface area contributed by atoms with Crippen molar-refractivity contribution in [3.8, 4) is 0 Å². The average molecular weight is 1240 g/mol. The van der Waals surface area contributed by atoms with E-state index in [0.717, 1.165) is 5.57 Å². The van der Waals surface area contributed by atoms with Crippen molar-refractivity contribution in [2.75, 3.05) is 26.4 Å². The zero-order valence-electron chi connectivity index (χ0n) is 49.5. The number of hydrogen-bond acceptors (Lipinski definition) is 27. The molecule has 86 heavy (non-hydrogen) atoms. The second kappa shape index (κ2) is 24.3. The first-order valence-electron chi connectivity index (χ1n) is 30.3. The van der Waals surface area contributed by atoms with Gasteiger partial charge in [-0.25, -0.2) is 0 Å². The zero-order valence-corrected chi connectivity index (χ0v) is 49.5. The highest BCUT2D eigenvalue weighted by molar-refractivity contribution is 5.79. The van der Waals surface area contributed by atoms with Gasteiger partial charge in [0.25, 0.3) is 0 Å². The predicted octanol–water partition coefficient (Wildman–Crippen LogP) is -3.87. The quantitative estimate of drug-likeness (QED) is 0.0477. The third-order valence-electron chi connectivity index (χ3n) is 22.8. The first-order valence-corrected chi connectivity index (χ1v) is 30.3. The standard InChI is InChI=1S/C58H92O28/c1-22-43(83-47-39(70)32(63)26(61)19-77-47)38(69)42(73)48(80-22)84-44-33(64)27(62)20-78-50(44)86-52(76)58-14-12-53(2,3)16-24(58)23-8-9-30-54(4)17-25(60)45(57(7,51(74)75)31(54)10-11-56(30,6)55(23,5)13-15-58)85-49-41(72)37(68)35(66)29(82-49)21-79-46-40(71)36(67)34(65)28(18-59)81-46/h8,22,24-50,59-73H,9-21H2,1-7H3,(H,74,75)/t22?,24?,25-,26?,27?,28?,29?,30?,31?,32?,33?,34?,35?,36?,37?,38?,39?,40?,41?,42?,43?,44?,45-,46?,47?,48?,49?,50?,54+,55-,56+,57-,58-/m0/s1. The van der Waals surface area contributed by atoms with E-state index in [2.05, 4.69) is 33.8 Å². The van der Waals surface area contributed by atoms with Crippen LogP contribution >= 0.6 is 0 Å². The molecule has 16 N–H and O–H groups in total. The molecule has 5 aliphatic heterocycles. The van der Waals surface area contributed by atoms with Gasteiger partial charge in [0, 0.05) is 0 Å². The molecule has 28 nitrogen and oxygen atoms in total. The summed E-state index contributed by atoms with van der Waals surface area (Å²) in [7, 11) is 0. The van der Waals surface area contributed by atoms with Crippen LogP contribution in [0.3, 0.4) is 0 Å². The van der Waals surface area contributed by atoms with E-state index in [1.807, 2.05) is 6.92 Å². The SMILES string of the molecule is CC1OC(OC2C(OC(=O)[C@]34CCC(C)(C)CC3C3=CCC5[C@@]6(C)C[C@H](O)[C@H](OC7OC(COC8OC(CO)C(O)C(O)C8O)C(O)C(O)C7O)[C@@](C)(C(=O)O)C6CC[C@@]5(C)[C@@]3(C)CC4)OCC(O)C2O)C(O)C(O)C1OC1OCC(O)C(O)C1O. The van der Waals surface area contributed by atoms with Crippen LogP contribution in [0.15, 0.2) is 11.6 Å². The number of carboxylic acids is 1. The lowest BCUT2D eigenvalue weighted by atomic mass is 9.33. The van der Waals surface area contributed by atoms with Crippen LogP contribution in [0, 0.1) is 50.2 Å². The Morgan fingerprint density at radius 2 is 1.14 bits per heavy atom. The highest BCUT2D eigenvalue weighted by Crippen LogP contribution is 2.76. The number of carboxylic acid groups (broad SMARTS) is 1. The molecule has 9 fully saturated rings. The monoisotopic (exact) mass is 1240 g/mol. The van der Waals surface area contributed by atoms with Crippen LogP contribution in [-0.2, 0) is 57.0 Å². The number of esters is 1. The first kappa shape index (κ1) is 66.6. The van der Waals surface area contributed by atoms with Gasteiger partial charge in [-0.15, -0.1) is 0 Å². The van der Waals surface area contributed by atoms with Crippen LogP contribution in [0.25, 0.3) is 0 Å². The molecule has 0 radical (unpaired) electrons. The summed E-state index contributed by atoms with van der Waals surface area (Å²) in [6.45, 7) is 11.4. The van der Waals surface area contributed by atoms with Crippen molar-refractivity contribution < 1.29 is 139 Å². The van der Waals surface area contributed by atoms with Crippen molar-refractivity contribution in [3.63, 3.8) is 0 Å². The van der Waals surface area contributed by atoms with E-state index in [1.165, 1.54) is 13.8 Å². The maximum atomic E-state index is 15.4. The highest BCUT2D eigenvalue weighted by Gasteiger charge is 2.73. The van der Waals surface area contributed by atoms with Crippen molar-refractivity contribution in [2.45, 2.75) is 260 Å². The molecule has 0 aromatic carbocycles. The summed E-state index contributed by atoms with van der Waals surface area (Å²) >= 11 is 0. The maximum Gasteiger partial charge on any atom is 0.315 e. The fourth-order valence-electron chi connectivity index (χ4n) is 17.4. The second-order valence-corrected chi connectivity index (χ2v) is 28.1. The molecule has 10 rings (SSSR count). The summed E-state index contributed by atoms with van der Waals surface area (Å²) < 4.78 is 58.6. The molecule has 492 valence electrons. The number of hydrogen-bond donors (Lipinski definition) is 16. The predicted molar refractivity (Wildman–Crippen MR) is 285 cm³/mol.